The summed E-state index contributed by atoms with van der Waals surface area (Å²) in [6.07, 6.45) is 3.06. The van der Waals surface area contributed by atoms with Gasteiger partial charge in [-0.15, -0.1) is 0 Å². The van der Waals surface area contributed by atoms with Crippen LogP contribution in [0.4, 0.5) is 22.0 Å². The second-order valence-corrected chi connectivity index (χ2v) is 5.11. The largest absolute Gasteiger partial charge is 0.310 e. The lowest BCUT2D eigenvalue weighted by Crippen LogP contribution is -2.34. The minimum atomic E-state index is -2.10. The van der Waals surface area contributed by atoms with Crippen molar-refractivity contribution >= 4 is 0 Å². The second-order valence-electron chi connectivity index (χ2n) is 5.11. The predicted octanol–water partition coefficient (Wildman–Crippen LogP) is 4.22. The highest BCUT2D eigenvalue weighted by Crippen LogP contribution is 2.40. The molecular weight excluding hydrogens is 277 g/mol. The average molecular weight is 293 g/mol. The topological polar surface area (TPSA) is 12.0 Å². The van der Waals surface area contributed by atoms with Crippen molar-refractivity contribution in [3.8, 4) is 0 Å². The van der Waals surface area contributed by atoms with Crippen LogP contribution in [-0.4, -0.2) is 6.54 Å². The van der Waals surface area contributed by atoms with E-state index >= 15 is 0 Å². The van der Waals surface area contributed by atoms with Gasteiger partial charge in [0.05, 0.1) is 0 Å². The van der Waals surface area contributed by atoms with Gasteiger partial charge >= 0.3 is 0 Å². The van der Waals surface area contributed by atoms with Crippen LogP contribution in [0.25, 0.3) is 0 Å². The van der Waals surface area contributed by atoms with Gasteiger partial charge in [-0.2, -0.15) is 0 Å². The van der Waals surface area contributed by atoms with Gasteiger partial charge in [0, 0.05) is 11.6 Å². The van der Waals surface area contributed by atoms with Crippen LogP contribution in [0.2, 0.25) is 0 Å². The zero-order valence-corrected chi connectivity index (χ0v) is 11.1. The molecule has 0 aromatic heterocycles. The fourth-order valence-electron chi connectivity index (χ4n) is 2.47. The van der Waals surface area contributed by atoms with E-state index in [2.05, 4.69) is 5.32 Å². The minimum Gasteiger partial charge on any atom is -0.310 e. The molecule has 0 amide bonds. The molecule has 1 aromatic carbocycles. The summed E-state index contributed by atoms with van der Waals surface area (Å²) in [5.41, 5.74) is -0.723. The average Bonchev–Trinajstić information content (AvgIpc) is 2.38. The van der Waals surface area contributed by atoms with Crippen LogP contribution in [0.3, 0.4) is 0 Å². The van der Waals surface area contributed by atoms with Crippen LogP contribution < -0.4 is 5.32 Å². The van der Waals surface area contributed by atoms with Crippen molar-refractivity contribution < 1.29 is 22.0 Å². The SMILES string of the molecule is CCCNC(c1c(F)c(F)c(F)c(F)c1F)C1CCC1. The summed E-state index contributed by atoms with van der Waals surface area (Å²) < 4.78 is 67.3. The molecule has 0 radical (unpaired) electrons. The highest BCUT2D eigenvalue weighted by molar-refractivity contribution is 5.28. The lowest BCUT2D eigenvalue weighted by atomic mass is 9.76. The van der Waals surface area contributed by atoms with E-state index in [1.807, 2.05) is 6.92 Å². The monoisotopic (exact) mass is 293 g/mol. The number of nitrogens with one attached hydrogen (secondary N) is 1. The quantitative estimate of drug-likeness (QED) is 0.487. The van der Waals surface area contributed by atoms with Crippen molar-refractivity contribution in [2.45, 2.75) is 38.6 Å². The Morgan fingerprint density at radius 2 is 1.45 bits per heavy atom. The van der Waals surface area contributed by atoms with E-state index < -0.39 is 40.7 Å². The van der Waals surface area contributed by atoms with Crippen molar-refractivity contribution in [3.05, 3.63) is 34.6 Å². The molecular formula is C14H16F5N. The summed E-state index contributed by atoms with van der Waals surface area (Å²) in [7, 11) is 0. The molecule has 0 saturated heterocycles. The van der Waals surface area contributed by atoms with Crippen LogP contribution >= 0.6 is 0 Å². The summed E-state index contributed by atoms with van der Waals surface area (Å²) in [5.74, 6) is -9.38. The first kappa shape index (κ1) is 15.2. The van der Waals surface area contributed by atoms with Gasteiger partial charge in [-0.05, 0) is 31.7 Å². The zero-order valence-electron chi connectivity index (χ0n) is 11.1. The Hall–Kier alpha value is -1.17. The molecule has 20 heavy (non-hydrogen) atoms. The van der Waals surface area contributed by atoms with E-state index in [4.69, 9.17) is 0 Å². The van der Waals surface area contributed by atoms with Crippen molar-refractivity contribution in [1.29, 1.82) is 0 Å². The highest BCUT2D eigenvalue weighted by atomic mass is 19.2. The van der Waals surface area contributed by atoms with Gasteiger partial charge in [-0.25, -0.2) is 22.0 Å². The Balaban J connectivity index is 2.46. The third kappa shape index (κ3) is 2.53. The van der Waals surface area contributed by atoms with Crippen LogP contribution in [0.15, 0.2) is 0 Å². The third-order valence-corrected chi connectivity index (χ3v) is 3.79. The summed E-state index contributed by atoms with van der Waals surface area (Å²) in [4.78, 5) is 0. The van der Waals surface area contributed by atoms with Gasteiger partial charge in [0.15, 0.2) is 23.3 Å². The Labute approximate surface area is 114 Å². The summed E-state index contributed by atoms with van der Waals surface area (Å²) >= 11 is 0. The van der Waals surface area contributed by atoms with E-state index in [1.54, 1.807) is 0 Å². The third-order valence-electron chi connectivity index (χ3n) is 3.79. The van der Waals surface area contributed by atoms with Crippen LogP contribution in [0, 0.1) is 35.0 Å². The Kier molecular flexibility index (Phi) is 4.62. The number of hydrogen-bond donors (Lipinski definition) is 1. The van der Waals surface area contributed by atoms with Crippen LogP contribution in [0.1, 0.15) is 44.2 Å². The normalized spacial score (nSPS) is 17.1. The summed E-state index contributed by atoms with van der Waals surface area (Å²) in [5, 5.41) is 2.91. The minimum absolute atomic E-state index is 0.0881. The standard InChI is InChI=1S/C14H16F5N/c1-2-6-20-14(7-4-3-5-7)8-9(15)11(17)13(19)12(18)10(8)16/h7,14,20H,2-6H2,1H3. The molecule has 1 aliphatic carbocycles. The van der Waals surface area contributed by atoms with Gasteiger partial charge in [0.25, 0.3) is 0 Å². The zero-order chi connectivity index (χ0) is 14.9. The van der Waals surface area contributed by atoms with E-state index in [9.17, 15) is 22.0 Å². The maximum absolute atomic E-state index is 13.8. The number of rotatable bonds is 5. The van der Waals surface area contributed by atoms with Gasteiger partial charge in [-0.1, -0.05) is 13.3 Å². The fraction of sp³-hybridized carbons (Fsp3) is 0.571. The first-order chi connectivity index (χ1) is 9.49. The van der Waals surface area contributed by atoms with E-state index in [1.165, 1.54) is 0 Å². The summed E-state index contributed by atoms with van der Waals surface area (Å²) in [6, 6.07) is -0.826. The molecule has 1 nitrogen and oxygen atoms in total. The van der Waals surface area contributed by atoms with E-state index in [-0.39, 0.29) is 5.92 Å². The van der Waals surface area contributed by atoms with E-state index in [0.29, 0.717) is 13.0 Å². The Morgan fingerprint density at radius 1 is 0.950 bits per heavy atom. The summed E-state index contributed by atoms with van der Waals surface area (Å²) in [6.45, 7) is 2.32. The maximum atomic E-state index is 13.8. The number of halogens is 5. The van der Waals surface area contributed by atoms with Gasteiger partial charge in [0.2, 0.25) is 5.82 Å². The second kappa shape index (κ2) is 6.08. The molecule has 1 N–H and O–H groups in total. The molecule has 0 aliphatic heterocycles. The van der Waals surface area contributed by atoms with Crippen molar-refractivity contribution in [3.63, 3.8) is 0 Å². The molecule has 1 saturated carbocycles. The molecule has 6 heteroatoms. The molecule has 0 bridgehead atoms. The first-order valence-electron chi connectivity index (χ1n) is 6.73. The van der Waals surface area contributed by atoms with Crippen molar-refractivity contribution in [1.82, 2.24) is 5.32 Å². The molecule has 0 heterocycles. The van der Waals surface area contributed by atoms with Crippen LogP contribution in [0.5, 0.6) is 0 Å². The van der Waals surface area contributed by atoms with E-state index in [0.717, 1.165) is 19.3 Å². The lowest BCUT2D eigenvalue weighted by molar-refractivity contribution is 0.217. The molecule has 0 spiro atoms. The molecule has 2 rings (SSSR count). The number of hydrogen-bond acceptors (Lipinski definition) is 1. The van der Waals surface area contributed by atoms with Crippen LogP contribution in [-0.2, 0) is 0 Å². The Morgan fingerprint density at radius 3 is 1.85 bits per heavy atom. The van der Waals surface area contributed by atoms with Gasteiger partial charge < -0.3 is 5.32 Å². The van der Waals surface area contributed by atoms with Gasteiger partial charge in [0.1, 0.15) is 0 Å². The molecule has 1 aliphatic rings. The lowest BCUT2D eigenvalue weighted by Gasteiger charge is -2.35. The molecule has 1 atom stereocenters. The molecule has 1 aromatic rings. The number of benzene rings is 1. The van der Waals surface area contributed by atoms with Gasteiger partial charge in [-0.3, -0.25) is 0 Å². The Bertz CT molecular complexity index is 470. The fourth-order valence-corrected chi connectivity index (χ4v) is 2.47. The van der Waals surface area contributed by atoms with Crippen molar-refractivity contribution in [2.75, 3.05) is 6.54 Å². The predicted molar refractivity (Wildman–Crippen MR) is 64.6 cm³/mol. The highest BCUT2D eigenvalue weighted by Gasteiger charge is 2.36. The first-order valence-corrected chi connectivity index (χ1v) is 6.73. The van der Waals surface area contributed by atoms with Crippen molar-refractivity contribution in [2.24, 2.45) is 5.92 Å². The molecule has 1 unspecified atom stereocenters. The molecule has 112 valence electrons. The maximum Gasteiger partial charge on any atom is 0.200 e. The molecule has 1 fully saturated rings. The smallest absolute Gasteiger partial charge is 0.200 e.